The fraction of sp³-hybridized carbons (Fsp3) is 0.615. The van der Waals surface area contributed by atoms with Crippen molar-refractivity contribution in [2.75, 3.05) is 0 Å². The number of halogens is 2. The average Bonchev–Trinajstić information content (AvgIpc) is 2.38. The minimum absolute atomic E-state index is 0.205. The van der Waals surface area contributed by atoms with E-state index in [1.54, 1.807) is 0 Å². The van der Waals surface area contributed by atoms with Gasteiger partial charge in [-0.05, 0) is 25.7 Å². The summed E-state index contributed by atoms with van der Waals surface area (Å²) < 4.78 is 32.4. The standard InChI is InChI=1S/C13H16F2N2O3/c1-13(14,15)10-11(17-9(7-16-10)12(18)19)20-8-5-3-2-4-6-8/h7-8H,2-6H2,1H3,(H,18,19). The Morgan fingerprint density at radius 1 is 1.40 bits per heavy atom. The van der Waals surface area contributed by atoms with Gasteiger partial charge in [0.25, 0.3) is 5.92 Å². The van der Waals surface area contributed by atoms with Crippen molar-refractivity contribution in [1.29, 1.82) is 0 Å². The summed E-state index contributed by atoms with van der Waals surface area (Å²) in [4.78, 5) is 18.0. The molecule has 1 aliphatic rings. The highest BCUT2D eigenvalue weighted by Crippen LogP contribution is 2.33. The first-order valence-electron chi connectivity index (χ1n) is 6.53. The average molecular weight is 286 g/mol. The van der Waals surface area contributed by atoms with E-state index in [-0.39, 0.29) is 12.0 Å². The van der Waals surface area contributed by atoms with Crippen molar-refractivity contribution in [3.05, 3.63) is 17.6 Å². The maximum Gasteiger partial charge on any atom is 0.356 e. The van der Waals surface area contributed by atoms with Crippen molar-refractivity contribution in [3.63, 3.8) is 0 Å². The van der Waals surface area contributed by atoms with Crippen molar-refractivity contribution >= 4 is 5.97 Å². The third-order valence-corrected chi connectivity index (χ3v) is 3.21. The Kier molecular flexibility index (Phi) is 4.15. The molecule has 0 amide bonds. The van der Waals surface area contributed by atoms with Gasteiger partial charge in [-0.1, -0.05) is 6.42 Å². The highest BCUT2D eigenvalue weighted by atomic mass is 19.3. The smallest absolute Gasteiger partial charge is 0.356 e. The number of nitrogens with zero attached hydrogens (tertiary/aromatic N) is 2. The van der Waals surface area contributed by atoms with E-state index in [1.807, 2.05) is 0 Å². The van der Waals surface area contributed by atoms with Gasteiger partial charge in [-0.3, -0.25) is 0 Å². The number of rotatable bonds is 4. The first kappa shape index (κ1) is 14.6. The van der Waals surface area contributed by atoms with Crippen LogP contribution in [-0.4, -0.2) is 27.1 Å². The summed E-state index contributed by atoms with van der Waals surface area (Å²) in [6.45, 7) is 0.686. The van der Waals surface area contributed by atoms with E-state index >= 15 is 0 Å². The Labute approximate surface area is 115 Å². The van der Waals surface area contributed by atoms with E-state index in [9.17, 15) is 13.6 Å². The van der Waals surface area contributed by atoms with Gasteiger partial charge >= 0.3 is 5.97 Å². The first-order chi connectivity index (χ1) is 9.38. The lowest BCUT2D eigenvalue weighted by Crippen LogP contribution is -2.24. The Morgan fingerprint density at radius 2 is 2.05 bits per heavy atom. The minimum Gasteiger partial charge on any atom is -0.476 e. The van der Waals surface area contributed by atoms with Crippen LogP contribution in [0.3, 0.4) is 0 Å². The second-order valence-electron chi connectivity index (χ2n) is 4.98. The molecule has 1 aliphatic carbocycles. The van der Waals surface area contributed by atoms with Gasteiger partial charge in [0.15, 0.2) is 11.4 Å². The predicted molar refractivity (Wildman–Crippen MR) is 66.1 cm³/mol. The molecular weight excluding hydrogens is 270 g/mol. The molecule has 2 rings (SSSR count). The van der Waals surface area contributed by atoms with Gasteiger partial charge in [0.1, 0.15) is 6.10 Å². The summed E-state index contributed by atoms with van der Waals surface area (Å²) in [5.41, 5.74) is -1.02. The maximum absolute atomic E-state index is 13.5. The molecule has 0 spiro atoms. The molecule has 1 heterocycles. The van der Waals surface area contributed by atoms with Crippen molar-refractivity contribution in [2.45, 2.75) is 51.1 Å². The van der Waals surface area contributed by atoms with E-state index in [2.05, 4.69) is 9.97 Å². The molecular formula is C13H16F2N2O3. The molecule has 1 aromatic heterocycles. The van der Waals surface area contributed by atoms with Gasteiger partial charge in [-0.2, -0.15) is 8.78 Å². The molecule has 20 heavy (non-hydrogen) atoms. The molecule has 0 unspecified atom stereocenters. The van der Waals surface area contributed by atoms with Crippen molar-refractivity contribution in [3.8, 4) is 5.88 Å². The zero-order chi connectivity index (χ0) is 14.8. The van der Waals surface area contributed by atoms with E-state index < -0.39 is 23.3 Å². The largest absolute Gasteiger partial charge is 0.476 e. The van der Waals surface area contributed by atoms with Crippen LogP contribution >= 0.6 is 0 Å². The molecule has 0 bridgehead atoms. The topological polar surface area (TPSA) is 72.3 Å². The third kappa shape index (κ3) is 3.40. The normalized spacial score (nSPS) is 16.9. The number of hydrogen-bond acceptors (Lipinski definition) is 4. The number of aromatic nitrogens is 2. The summed E-state index contributed by atoms with van der Waals surface area (Å²) in [6, 6.07) is 0. The Balaban J connectivity index is 2.30. The zero-order valence-electron chi connectivity index (χ0n) is 11.1. The molecule has 1 fully saturated rings. The van der Waals surface area contributed by atoms with Crippen LogP contribution in [0.15, 0.2) is 6.20 Å². The van der Waals surface area contributed by atoms with E-state index in [4.69, 9.17) is 9.84 Å². The number of carboxylic acids is 1. The van der Waals surface area contributed by atoms with Gasteiger partial charge in [0.2, 0.25) is 5.88 Å². The number of ether oxygens (including phenoxy) is 1. The van der Waals surface area contributed by atoms with Crippen LogP contribution in [0.5, 0.6) is 5.88 Å². The van der Waals surface area contributed by atoms with Crippen molar-refractivity contribution in [1.82, 2.24) is 9.97 Å². The van der Waals surface area contributed by atoms with Crippen molar-refractivity contribution < 1.29 is 23.4 Å². The highest BCUT2D eigenvalue weighted by Gasteiger charge is 2.33. The van der Waals surface area contributed by atoms with Crippen LogP contribution in [0.1, 0.15) is 55.2 Å². The second kappa shape index (κ2) is 5.68. The summed E-state index contributed by atoms with van der Waals surface area (Å²) >= 11 is 0. The third-order valence-electron chi connectivity index (χ3n) is 3.21. The molecule has 0 aromatic carbocycles. The SMILES string of the molecule is CC(F)(F)c1ncc(C(=O)O)nc1OC1CCCCC1. The molecule has 1 N–H and O–H groups in total. The fourth-order valence-corrected chi connectivity index (χ4v) is 2.20. The number of aromatic carboxylic acids is 1. The Bertz CT molecular complexity index is 497. The van der Waals surface area contributed by atoms with Crippen LogP contribution in [0.25, 0.3) is 0 Å². The molecule has 110 valence electrons. The van der Waals surface area contributed by atoms with Crippen LogP contribution in [0, 0.1) is 0 Å². The van der Waals surface area contributed by atoms with Crippen LogP contribution in [-0.2, 0) is 5.92 Å². The molecule has 0 radical (unpaired) electrons. The quantitative estimate of drug-likeness (QED) is 0.921. The molecule has 0 saturated heterocycles. The Hall–Kier alpha value is -1.79. The summed E-state index contributed by atoms with van der Waals surface area (Å²) in [7, 11) is 0. The van der Waals surface area contributed by atoms with Crippen LogP contribution < -0.4 is 4.74 Å². The lowest BCUT2D eigenvalue weighted by Gasteiger charge is -2.24. The summed E-state index contributed by atoms with van der Waals surface area (Å²) in [5.74, 6) is -4.92. The molecule has 0 atom stereocenters. The summed E-state index contributed by atoms with van der Waals surface area (Å²) in [5, 5.41) is 8.86. The number of alkyl halides is 2. The van der Waals surface area contributed by atoms with E-state index in [0.717, 1.165) is 38.3 Å². The highest BCUT2D eigenvalue weighted by molar-refractivity contribution is 5.85. The van der Waals surface area contributed by atoms with Gasteiger partial charge < -0.3 is 9.84 Å². The number of carboxylic acid groups (broad SMARTS) is 1. The first-order valence-corrected chi connectivity index (χ1v) is 6.53. The van der Waals surface area contributed by atoms with Gasteiger partial charge in [-0.15, -0.1) is 0 Å². The number of hydrogen-bond donors (Lipinski definition) is 1. The monoisotopic (exact) mass is 286 g/mol. The molecule has 0 aliphatic heterocycles. The van der Waals surface area contributed by atoms with Gasteiger partial charge in [-0.25, -0.2) is 14.8 Å². The second-order valence-corrected chi connectivity index (χ2v) is 4.98. The van der Waals surface area contributed by atoms with Crippen LogP contribution in [0.2, 0.25) is 0 Å². The fourth-order valence-electron chi connectivity index (χ4n) is 2.20. The van der Waals surface area contributed by atoms with Gasteiger partial charge in [0.05, 0.1) is 6.20 Å². The lowest BCUT2D eigenvalue weighted by molar-refractivity contribution is 0.00594. The maximum atomic E-state index is 13.5. The van der Waals surface area contributed by atoms with E-state index in [1.165, 1.54) is 0 Å². The zero-order valence-corrected chi connectivity index (χ0v) is 11.1. The molecule has 1 saturated carbocycles. The number of carbonyl (C=O) groups is 1. The predicted octanol–water partition coefficient (Wildman–Crippen LogP) is 3.00. The van der Waals surface area contributed by atoms with Crippen molar-refractivity contribution in [2.24, 2.45) is 0 Å². The Morgan fingerprint density at radius 3 is 2.60 bits per heavy atom. The molecule has 1 aromatic rings. The van der Waals surface area contributed by atoms with Gasteiger partial charge in [0, 0.05) is 6.92 Å². The lowest BCUT2D eigenvalue weighted by atomic mass is 9.98. The van der Waals surface area contributed by atoms with Crippen LogP contribution in [0.4, 0.5) is 8.78 Å². The minimum atomic E-state index is -3.23. The summed E-state index contributed by atoms with van der Waals surface area (Å²) in [6.07, 6.45) is 5.16. The molecule has 5 nitrogen and oxygen atoms in total. The van der Waals surface area contributed by atoms with E-state index in [0.29, 0.717) is 6.92 Å². The molecule has 7 heteroatoms.